The van der Waals surface area contributed by atoms with Crippen LogP contribution in [-0.4, -0.2) is 40.0 Å². The molecule has 0 saturated carbocycles. The van der Waals surface area contributed by atoms with Gasteiger partial charge >= 0.3 is 5.97 Å². The van der Waals surface area contributed by atoms with Gasteiger partial charge in [0.05, 0.1) is 16.6 Å². The number of para-hydroxylation sites is 1. The zero-order chi connectivity index (χ0) is 21.8. The molecule has 0 fully saturated rings. The number of esters is 1. The number of carbonyl (C=O) groups excluding carboxylic acids is 2. The lowest BCUT2D eigenvalue weighted by Gasteiger charge is -2.17. The summed E-state index contributed by atoms with van der Waals surface area (Å²) in [4.78, 5) is 31.0. The molecule has 0 saturated heterocycles. The lowest BCUT2D eigenvalue weighted by atomic mass is 10.2. The molecule has 0 aliphatic rings. The Morgan fingerprint density at radius 3 is 2.35 bits per heavy atom. The second kappa shape index (κ2) is 8.83. The molecule has 0 radical (unpaired) electrons. The molecule has 6 heteroatoms. The minimum Gasteiger partial charge on any atom is -0.452 e. The number of aromatic nitrogens is 2. The van der Waals surface area contributed by atoms with Gasteiger partial charge in [-0.25, -0.2) is 9.78 Å². The van der Waals surface area contributed by atoms with Gasteiger partial charge in [0.2, 0.25) is 0 Å². The van der Waals surface area contributed by atoms with Crippen LogP contribution >= 0.6 is 0 Å². The highest BCUT2D eigenvalue weighted by atomic mass is 16.5. The third-order valence-electron chi connectivity index (χ3n) is 5.09. The summed E-state index contributed by atoms with van der Waals surface area (Å²) in [6.45, 7) is 2.07. The Labute approximate surface area is 180 Å². The number of carbonyl (C=O) groups is 2. The Bertz CT molecular complexity index is 1220. The number of imidazole rings is 1. The summed E-state index contributed by atoms with van der Waals surface area (Å²) in [6, 6.07) is 24.8. The van der Waals surface area contributed by atoms with E-state index in [-0.39, 0.29) is 12.5 Å². The monoisotopic (exact) mass is 413 g/mol. The number of amides is 1. The van der Waals surface area contributed by atoms with Crippen LogP contribution < -0.4 is 0 Å². The summed E-state index contributed by atoms with van der Waals surface area (Å²) in [5.41, 5.74) is 3.98. The Kier molecular flexibility index (Phi) is 5.80. The zero-order valence-electron chi connectivity index (χ0n) is 17.5. The molecular weight excluding hydrogens is 390 g/mol. The number of hydrogen-bond acceptors (Lipinski definition) is 4. The minimum absolute atomic E-state index is 0.262. The van der Waals surface area contributed by atoms with E-state index in [1.165, 1.54) is 4.90 Å². The molecule has 0 unspecified atom stereocenters. The molecule has 1 aromatic heterocycles. The predicted octanol–water partition coefficient (Wildman–Crippen LogP) is 4.15. The maximum Gasteiger partial charge on any atom is 0.338 e. The molecule has 3 aromatic carbocycles. The molecule has 0 bridgehead atoms. The van der Waals surface area contributed by atoms with E-state index in [2.05, 4.69) is 4.98 Å². The van der Waals surface area contributed by atoms with Crippen LogP contribution in [0.15, 0.2) is 78.9 Å². The van der Waals surface area contributed by atoms with Gasteiger partial charge in [0, 0.05) is 19.3 Å². The zero-order valence-corrected chi connectivity index (χ0v) is 17.5. The van der Waals surface area contributed by atoms with Gasteiger partial charge in [-0.3, -0.25) is 9.36 Å². The fraction of sp³-hybridized carbons (Fsp3) is 0.160. The summed E-state index contributed by atoms with van der Waals surface area (Å²) in [7, 11) is 1.69. The van der Waals surface area contributed by atoms with Gasteiger partial charge in [-0.2, -0.15) is 0 Å². The second-order valence-electron chi connectivity index (χ2n) is 7.35. The summed E-state index contributed by atoms with van der Waals surface area (Å²) in [5, 5.41) is 0. The molecule has 0 atom stereocenters. The summed E-state index contributed by atoms with van der Waals surface area (Å²) in [5.74, 6) is 0.0159. The Morgan fingerprint density at radius 2 is 1.65 bits per heavy atom. The largest absolute Gasteiger partial charge is 0.452 e. The van der Waals surface area contributed by atoms with Crippen LogP contribution in [-0.2, 0) is 16.1 Å². The van der Waals surface area contributed by atoms with Gasteiger partial charge in [-0.1, -0.05) is 48.5 Å². The number of fused-ring (bicyclic) bond motifs is 1. The van der Waals surface area contributed by atoms with Gasteiger partial charge in [0.15, 0.2) is 6.61 Å². The molecule has 1 amide bonds. The van der Waals surface area contributed by atoms with Crippen LogP contribution in [0.3, 0.4) is 0 Å². The number of benzene rings is 3. The fourth-order valence-corrected chi connectivity index (χ4v) is 3.50. The van der Waals surface area contributed by atoms with Crippen molar-refractivity contribution in [1.29, 1.82) is 0 Å². The first-order chi connectivity index (χ1) is 15.0. The van der Waals surface area contributed by atoms with Gasteiger partial charge in [0.25, 0.3) is 5.91 Å². The Morgan fingerprint density at radius 1 is 0.968 bits per heavy atom. The minimum atomic E-state index is -0.546. The molecule has 0 aliphatic carbocycles. The van der Waals surface area contributed by atoms with Crippen molar-refractivity contribution in [2.75, 3.05) is 13.7 Å². The van der Waals surface area contributed by atoms with Crippen molar-refractivity contribution in [3.8, 4) is 5.69 Å². The first-order valence-electron chi connectivity index (χ1n) is 10.0. The average Bonchev–Trinajstić information content (AvgIpc) is 3.13. The molecule has 0 N–H and O–H groups in total. The Hall–Kier alpha value is -3.93. The van der Waals surface area contributed by atoms with Crippen molar-refractivity contribution in [3.05, 3.63) is 95.8 Å². The lowest BCUT2D eigenvalue weighted by molar-refractivity contribution is -0.133. The van der Waals surface area contributed by atoms with Crippen molar-refractivity contribution in [3.63, 3.8) is 0 Å². The molecule has 4 rings (SSSR count). The molecule has 156 valence electrons. The second-order valence-corrected chi connectivity index (χ2v) is 7.35. The maximum atomic E-state index is 12.5. The van der Waals surface area contributed by atoms with E-state index in [1.807, 2.05) is 78.2 Å². The topological polar surface area (TPSA) is 64.4 Å². The molecule has 6 nitrogen and oxygen atoms in total. The molecule has 0 spiro atoms. The molecule has 0 aliphatic heterocycles. The van der Waals surface area contributed by atoms with Gasteiger partial charge in [-0.15, -0.1) is 0 Å². The number of aryl methyl sites for hydroxylation is 1. The summed E-state index contributed by atoms with van der Waals surface area (Å²) >= 11 is 0. The number of nitrogens with zero attached hydrogens (tertiary/aromatic N) is 3. The number of hydrogen-bond donors (Lipinski definition) is 0. The number of rotatable bonds is 6. The third kappa shape index (κ3) is 4.48. The van der Waals surface area contributed by atoms with Gasteiger partial charge < -0.3 is 9.64 Å². The third-order valence-corrected chi connectivity index (χ3v) is 5.09. The average molecular weight is 413 g/mol. The first-order valence-corrected chi connectivity index (χ1v) is 10.0. The van der Waals surface area contributed by atoms with Crippen molar-refractivity contribution >= 4 is 22.9 Å². The van der Waals surface area contributed by atoms with Crippen molar-refractivity contribution in [1.82, 2.24) is 14.5 Å². The van der Waals surface area contributed by atoms with Crippen LogP contribution in [0.1, 0.15) is 21.7 Å². The van der Waals surface area contributed by atoms with E-state index in [4.69, 9.17) is 4.74 Å². The smallest absolute Gasteiger partial charge is 0.338 e. The van der Waals surface area contributed by atoms with Crippen LogP contribution in [0, 0.1) is 6.92 Å². The predicted molar refractivity (Wildman–Crippen MR) is 119 cm³/mol. The maximum absolute atomic E-state index is 12.5. The molecule has 31 heavy (non-hydrogen) atoms. The SMILES string of the molecule is Cc1nc2cc(C(=O)OCC(=O)N(C)Cc3ccccc3)ccc2n1-c1ccccc1. The summed E-state index contributed by atoms with van der Waals surface area (Å²) < 4.78 is 7.29. The normalized spacial score (nSPS) is 10.8. The summed E-state index contributed by atoms with van der Waals surface area (Å²) in [6.07, 6.45) is 0. The van der Waals surface area contributed by atoms with Gasteiger partial charge in [-0.05, 0) is 42.8 Å². The van der Waals surface area contributed by atoms with E-state index in [0.29, 0.717) is 17.6 Å². The van der Waals surface area contributed by atoms with Crippen LogP contribution in [0.2, 0.25) is 0 Å². The van der Waals surface area contributed by atoms with E-state index < -0.39 is 5.97 Å². The Balaban J connectivity index is 1.44. The number of likely N-dealkylation sites (N-methyl/N-ethyl adjacent to an activating group) is 1. The lowest BCUT2D eigenvalue weighted by Crippen LogP contribution is -2.30. The highest BCUT2D eigenvalue weighted by Gasteiger charge is 2.16. The van der Waals surface area contributed by atoms with Crippen molar-refractivity contribution in [2.45, 2.75) is 13.5 Å². The fourth-order valence-electron chi connectivity index (χ4n) is 3.50. The van der Waals surface area contributed by atoms with Crippen molar-refractivity contribution in [2.24, 2.45) is 0 Å². The highest BCUT2D eigenvalue weighted by Crippen LogP contribution is 2.22. The van der Waals surface area contributed by atoms with Gasteiger partial charge in [0.1, 0.15) is 5.82 Å². The molecule has 4 aromatic rings. The number of ether oxygens (including phenoxy) is 1. The van der Waals surface area contributed by atoms with E-state index in [1.54, 1.807) is 19.2 Å². The van der Waals surface area contributed by atoms with Crippen LogP contribution in [0.5, 0.6) is 0 Å². The van der Waals surface area contributed by atoms with Crippen LogP contribution in [0.25, 0.3) is 16.7 Å². The molecular formula is C25H23N3O3. The van der Waals surface area contributed by atoms with E-state index >= 15 is 0 Å². The van der Waals surface area contributed by atoms with Crippen LogP contribution in [0.4, 0.5) is 0 Å². The quantitative estimate of drug-likeness (QED) is 0.446. The molecule has 1 heterocycles. The first kappa shape index (κ1) is 20.3. The van der Waals surface area contributed by atoms with Crippen molar-refractivity contribution < 1.29 is 14.3 Å². The standard InChI is InChI=1S/C25H23N3O3/c1-18-26-22-15-20(13-14-23(22)28(18)21-11-7-4-8-12-21)25(30)31-17-24(29)27(2)16-19-9-5-3-6-10-19/h3-15H,16-17H2,1-2H3. The van der Waals surface area contributed by atoms with E-state index in [0.717, 1.165) is 22.6 Å². The highest BCUT2D eigenvalue weighted by molar-refractivity contribution is 5.95. The van der Waals surface area contributed by atoms with E-state index in [9.17, 15) is 9.59 Å².